The standard InChI is InChI=1S/C15H24N2O3S/c1-21(19,20)16-9-12-17-10-7-14(8-11-17)15(18)13-5-3-2-4-6-13/h2-6,14-16,18H,7-12H2,1H3. The lowest BCUT2D eigenvalue weighted by molar-refractivity contribution is 0.0596. The zero-order valence-corrected chi connectivity index (χ0v) is 13.2. The number of hydrogen-bond acceptors (Lipinski definition) is 4. The Kier molecular flexibility index (Phi) is 5.75. The maximum atomic E-state index is 11.0. The molecule has 0 radical (unpaired) electrons. The Morgan fingerprint density at radius 1 is 1.29 bits per heavy atom. The highest BCUT2D eigenvalue weighted by atomic mass is 32.2. The van der Waals surface area contributed by atoms with Crippen molar-refractivity contribution in [3.05, 3.63) is 35.9 Å². The van der Waals surface area contributed by atoms with Crippen molar-refractivity contribution in [1.82, 2.24) is 9.62 Å². The number of rotatable bonds is 6. The Balaban J connectivity index is 1.75. The van der Waals surface area contributed by atoms with Crippen LogP contribution >= 0.6 is 0 Å². The number of hydrogen-bond donors (Lipinski definition) is 2. The molecule has 0 bridgehead atoms. The average molecular weight is 312 g/mol. The number of benzene rings is 1. The van der Waals surface area contributed by atoms with Crippen LogP contribution in [-0.4, -0.2) is 50.9 Å². The molecule has 1 aliphatic heterocycles. The van der Waals surface area contributed by atoms with Gasteiger partial charge in [-0.15, -0.1) is 0 Å². The molecule has 5 nitrogen and oxygen atoms in total. The van der Waals surface area contributed by atoms with Gasteiger partial charge >= 0.3 is 0 Å². The lowest BCUT2D eigenvalue weighted by atomic mass is 9.87. The molecule has 21 heavy (non-hydrogen) atoms. The summed E-state index contributed by atoms with van der Waals surface area (Å²) in [6.45, 7) is 2.98. The molecule has 0 amide bonds. The molecule has 1 aromatic rings. The summed E-state index contributed by atoms with van der Waals surface area (Å²) in [5.74, 6) is 0.284. The van der Waals surface area contributed by atoms with Gasteiger partial charge in [-0.2, -0.15) is 0 Å². The topological polar surface area (TPSA) is 69.6 Å². The normalized spacial score (nSPS) is 19.5. The van der Waals surface area contributed by atoms with Crippen LogP contribution in [0.15, 0.2) is 30.3 Å². The molecule has 0 saturated carbocycles. The highest BCUT2D eigenvalue weighted by Gasteiger charge is 2.25. The van der Waals surface area contributed by atoms with Crippen molar-refractivity contribution in [3.63, 3.8) is 0 Å². The van der Waals surface area contributed by atoms with Gasteiger partial charge in [0.2, 0.25) is 10.0 Å². The molecule has 1 aliphatic rings. The summed E-state index contributed by atoms with van der Waals surface area (Å²) in [6, 6.07) is 9.78. The third-order valence-electron chi connectivity index (χ3n) is 4.01. The molecule has 6 heteroatoms. The van der Waals surface area contributed by atoms with Crippen molar-refractivity contribution in [1.29, 1.82) is 0 Å². The minimum Gasteiger partial charge on any atom is -0.388 e. The van der Waals surface area contributed by atoms with Gasteiger partial charge in [-0.3, -0.25) is 0 Å². The summed E-state index contributed by atoms with van der Waals surface area (Å²) in [4.78, 5) is 2.24. The maximum Gasteiger partial charge on any atom is 0.208 e. The van der Waals surface area contributed by atoms with E-state index in [9.17, 15) is 13.5 Å². The molecule has 2 N–H and O–H groups in total. The Morgan fingerprint density at radius 3 is 2.48 bits per heavy atom. The molecule has 1 atom stereocenters. The van der Waals surface area contributed by atoms with Gasteiger partial charge in [0, 0.05) is 13.1 Å². The fraction of sp³-hybridized carbons (Fsp3) is 0.600. The van der Waals surface area contributed by atoms with Crippen molar-refractivity contribution in [3.8, 4) is 0 Å². The van der Waals surface area contributed by atoms with E-state index in [1.54, 1.807) is 0 Å². The number of piperidine rings is 1. The highest BCUT2D eigenvalue weighted by molar-refractivity contribution is 7.88. The molecule has 0 spiro atoms. The number of nitrogens with one attached hydrogen (secondary N) is 1. The summed E-state index contributed by atoms with van der Waals surface area (Å²) in [6.07, 6.45) is 2.65. The van der Waals surface area contributed by atoms with Gasteiger partial charge in [0.15, 0.2) is 0 Å². The SMILES string of the molecule is CS(=O)(=O)NCCN1CCC(C(O)c2ccccc2)CC1. The van der Waals surface area contributed by atoms with E-state index in [-0.39, 0.29) is 5.92 Å². The maximum absolute atomic E-state index is 11.0. The zero-order chi connectivity index (χ0) is 15.3. The summed E-state index contributed by atoms with van der Waals surface area (Å²) < 4.78 is 24.5. The number of aliphatic hydroxyl groups is 1. The van der Waals surface area contributed by atoms with E-state index in [0.29, 0.717) is 6.54 Å². The van der Waals surface area contributed by atoms with Gasteiger partial charge in [0.1, 0.15) is 0 Å². The van der Waals surface area contributed by atoms with E-state index < -0.39 is 16.1 Å². The van der Waals surface area contributed by atoms with Crippen LogP contribution in [0.2, 0.25) is 0 Å². The second-order valence-electron chi connectivity index (χ2n) is 5.70. The molecule has 1 saturated heterocycles. The lowest BCUT2D eigenvalue weighted by Gasteiger charge is -2.34. The predicted octanol–water partition coefficient (Wildman–Crippen LogP) is 0.981. The van der Waals surface area contributed by atoms with Crippen LogP contribution in [0.5, 0.6) is 0 Å². The number of sulfonamides is 1. The van der Waals surface area contributed by atoms with Gasteiger partial charge in [-0.25, -0.2) is 13.1 Å². The first-order valence-electron chi connectivity index (χ1n) is 7.36. The molecule has 2 rings (SSSR count). The van der Waals surface area contributed by atoms with Crippen molar-refractivity contribution in [2.75, 3.05) is 32.4 Å². The molecule has 1 aromatic carbocycles. The third-order valence-corrected chi connectivity index (χ3v) is 4.74. The molecular weight excluding hydrogens is 288 g/mol. The second-order valence-corrected chi connectivity index (χ2v) is 7.53. The van der Waals surface area contributed by atoms with Gasteiger partial charge in [-0.1, -0.05) is 30.3 Å². The minimum absolute atomic E-state index is 0.284. The van der Waals surface area contributed by atoms with Crippen LogP contribution in [-0.2, 0) is 10.0 Å². The summed E-state index contributed by atoms with van der Waals surface area (Å²) in [7, 11) is -3.10. The summed E-state index contributed by atoms with van der Waals surface area (Å²) in [5.41, 5.74) is 0.981. The third kappa shape index (κ3) is 5.39. The number of likely N-dealkylation sites (tertiary alicyclic amines) is 1. The van der Waals surface area contributed by atoms with Gasteiger partial charge in [0.05, 0.1) is 12.4 Å². The Bertz CT molecular complexity index is 525. The molecule has 0 aliphatic carbocycles. The molecule has 0 aromatic heterocycles. The van der Waals surface area contributed by atoms with E-state index in [0.717, 1.165) is 38.0 Å². The van der Waals surface area contributed by atoms with E-state index in [2.05, 4.69) is 9.62 Å². The smallest absolute Gasteiger partial charge is 0.208 e. The first-order valence-corrected chi connectivity index (χ1v) is 9.25. The largest absolute Gasteiger partial charge is 0.388 e. The number of nitrogens with zero attached hydrogens (tertiary/aromatic N) is 1. The fourth-order valence-corrected chi connectivity index (χ4v) is 3.27. The first kappa shape index (κ1) is 16.4. The molecule has 1 fully saturated rings. The van der Waals surface area contributed by atoms with E-state index in [1.165, 1.54) is 6.26 Å². The van der Waals surface area contributed by atoms with E-state index in [4.69, 9.17) is 0 Å². The molecule has 1 heterocycles. The van der Waals surface area contributed by atoms with Crippen LogP contribution in [0.1, 0.15) is 24.5 Å². The second kappa shape index (κ2) is 7.35. The lowest BCUT2D eigenvalue weighted by Crippen LogP contribution is -2.40. The van der Waals surface area contributed by atoms with Crippen LogP contribution in [0.25, 0.3) is 0 Å². The Morgan fingerprint density at radius 2 is 1.90 bits per heavy atom. The van der Waals surface area contributed by atoms with Crippen molar-refractivity contribution < 1.29 is 13.5 Å². The van der Waals surface area contributed by atoms with E-state index in [1.807, 2.05) is 30.3 Å². The van der Waals surface area contributed by atoms with Crippen molar-refractivity contribution >= 4 is 10.0 Å². The highest BCUT2D eigenvalue weighted by Crippen LogP contribution is 2.30. The average Bonchev–Trinajstić information content (AvgIpc) is 2.47. The summed E-state index contributed by atoms with van der Waals surface area (Å²) in [5, 5.41) is 10.4. The molecule has 118 valence electrons. The quantitative estimate of drug-likeness (QED) is 0.821. The molecule has 1 unspecified atom stereocenters. The molecular formula is C15H24N2O3S. The Hall–Kier alpha value is -0.950. The van der Waals surface area contributed by atoms with Crippen molar-refractivity contribution in [2.45, 2.75) is 18.9 Å². The minimum atomic E-state index is -3.10. The van der Waals surface area contributed by atoms with Gasteiger partial charge in [-0.05, 0) is 37.4 Å². The Labute approximate surface area is 127 Å². The zero-order valence-electron chi connectivity index (χ0n) is 12.4. The number of aliphatic hydroxyl groups excluding tert-OH is 1. The fourth-order valence-electron chi connectivity index (χ4n) is 2.80. The van der Waals surface area contributed by atoms with Crippen LogP contribution in [0.4, 0.5) is 0 Å². The van der Waals surface area contributed by atoms with Crippen LogP contribution in [0, 0.1) is 5.92 Å². The predicted molar refractivity (Wildman–Crippen MR) is 83.4 cm³/mol. The van der Waals surface area contributed by atoms with Crippen molar-refractivity contribution in [2.24, 2.45) is 5.92 Å². The van der Waals surface area contributed by atoms with Crippen LogP contribution in [0.3, 0.4) is 0 Å². The monoisotopic (exact) mass is 312 g/mol. The first-order chi connectivity index (χ1) is 9.96. The van der Waals surface area contributed by atoms with Crippen LogP contribution < -0.4 is 4.72 Å². The van der Waals surface area contributed by atoms with Gasteiger partial charge in [0.25, 0.3) is 0 Å². The van der Waals surface area contributed by atoms with E-state index >= 15 is 0 Å². The van der Waals surface area contributed by atoms with Gasteiger partial charge < -0.3 is 10.0 Å². The summed E-state index contributed by atoms with van der Waals surface area (Å²) >= 11 is 0.